The van der Waals surface area contributed by atoms with Crippen LogP contribution >= 0.6 is 0 Å². The fourth-order valence-electron chi connectivity index (χ4n) is 6.36. The summed E-state index contributed by atoms with van der Waals surface area (Å²) in [5.74, 6) is 0.352. The molecule has 0 spiro atoms. The van der Waals surface area contributed by atoms with Crippen molar-refractivity contribution in [3.05, 3.63) is 28.8 Å². The monoisotopic (exact) mass is 371 g/mol. The molecule has 0 aromatic heterocycles. The van der Waals surface area contributed by atoms with Gasteiger partial charge in [0.1, 0.15) is 0 Å². The van der Waals surface area contributed by atoms with Crippen LogP contribution in [0.5, 0.6) is 0 Å². The fraction of sp³-hybridized carbons (Fsp3) is 0.696. The summed E-state index contributed by atoms with van der Waals surface area (Å²) in [6.45, 7) is 20.2. The number of ketones is 1. The van der Waals surface area contributed by atoms with Crippen LogP contribution in [0.1, 0.15) is 89.7 Å². The fourth-order valence-corrected chi connectivity index (χ4v) is 13.4. The Balaban J connectivity index is 2.16. The molecule has 0 bridgehead atoms. The average Bonchev–Trinajstić information content (AvgIpc) is 3.06. The van der Waals surface area contributed by atoms with Gasteiger partial charge in [0.05, 0.1) is 0 Å². The van der Waals surface area contributed by atoms with Crippen LogP contribution in [0.3, 0.4) is 0 Å². The number of nitrogens with zero attached hydrogens (tertiary/aromatic N) is 1. The van der Waals surface area contributed by atoms with Gasteiger partial charge >= 0.3 is 0 Å². The Bertz CT molecular complexity index is 699. The Morgan fingerprint density at radius 3 is 2.15 bits per heavy atom. The molecule has 1 aliphatic carbocycles. The highest BCUT2D eigenvalue weighted by Crippen LogP contribution is 2.51. The Morgan fingerprint density at radius 1 is 1.08 bits per heavy atom. The molecule has 3 heteroatoms. The maximum absolute atomic E-state index is 12.8. The lowest BCUT2D eigenvalue weighted by Gasteiger charge is -2.51. The minimum absolute atomic E-state index is 0.0392. The Kier molecular flexibility index (Phi) is 4.92. The van der Waals surface area contributed by atoms with Crippen molar-refractivity contribution in [2.75, 3.05) is 11.1 Å². The zero-order valence-corrected chi connectivity index (χ0v) is 19.1. The van der Waals surface area contributed by atoms with Crippen LogP contribution in [0.15, 0.2) is 12.1 Å². The SMILES string of the molecule is CCC1(C)CC(=O)c2cc3c(cc21)CCN3[Si](C(C)C)(C(C)C)C(C)C. The molecule has 1 aromatic rings. The number of hydrogen-bond donors (Lipinski definition) is 0. The summed E-state index contributed by atoms with van der Waals surface area (Å²) in [5.41, 5.74) is 7.32. The summed E-state index contributed by atoms with van der Waals surface area (Å²) in [6, 6.07) is 4.69. The first-order valence-corrected chi connectivity index (χ1v) is 12.8. The molecule has 2 aliphatic rings. The van der Waals surface area contributed by atoms with Crippen LogP contribution in [0, 0.1) is 0 Å². The summed E-state index contributed by atoms with van der Waals surface area (Å²) in [6.07, 6.45) is 2.86. The number of carbonyl (C=O) groups excluding carboxylic acids is 1. The van der Waals surface area contributed by atoms with E-state index < -0.39 is 8.24 Å². The van der Waals surface area contributed by atoms with Gasteiger partial charge in [-0.25, -0.2) is 0 Å². The molecule has 0 fully saturated rings. The van der Waals surface area contributed by atoms with Crippen LogP contribution in [0.2, 0.25) is 16.6 Å². The number of anilines is 1. The van der Waals surface area contributed by atoms with Crippen LogP contribution in [0.4, 0.5) is 5.69 Å². The van der Waals surface area contributed by atoms with E-state index in [1.807, 2.05) is 0 Å². The molecule has 1 unspecified atom stereocenters. The highest BCUT2D eigenvalue weighted by atomic mass is 28.3. The quantitative estimate of drug-likeness (QED) is 0.552. The Morgan fingerprint density at radius 2 is 1.65 bits per heavy atom. The number of fused-ring (bicyclic) bond motifs is 2. The lowest BCUT2D eigenvalue weighted by atomic mass is 9.81. The summed E-state index contributed by atoms with van der Waals surface area (Å²) >= 11 is 0. The molecule has 1 aromatic carbocycles. The molecule has 1 heterocycles. The van der Waals surface area contributed by atoms with Gasteiger partial charge in [-0.1, -0.05) is 61.5 Å². The van der Waals surface area contributed by atoms with Crippen molar-refractivity contribution < 1.29 is 4.79 Å². The first-order chi connectivity index (χ1) is 12.1. The van der Waals surface area contributed by atoms with Crippen LogP contribution < -0.4 is 4.57 Å². The molecule has 1 aliphatic heterocycles. The van der Waals surface area contributed by atoms with E-state index in [9.17, 15) is 4.79 Å². The number of carbonyl (C=O) groups is 1. The third-order valence-corrected chi connectivity index (χ3v) is 14.6. The lowest BCUT2D eigenvalue weighted by molar-refractivity contribution is 0.0975. The second-order valence-corrected chi connectivity index (χ2v) is 15.6. The van der Waals surface area contributed by atoms with Gasteiger partial charge in [0.25, 0.3) is 0 Å². The number of Topliss-reactive ketones (excluding diaryl/α,β-unsaturated/α-hetero) is 1. The van der Waals surface area contributed by atoms with E-state index in [4.69, 9.17) is 0 Å². The summed E-state index contributed by atoms with van der Waals surface area (Å²) < 4.78 is 2.80. The second-order valence-electron chi connectivity index (χ2n) is 9.79. The summed E-state index contributed by atoms with van der Waals surface area (Å²) in [5, 5.41) is 0. The largest absolute Gasteiger partial charge is 0.396 e. The topological polar surface area (TPSA) is 20.3 Å². The molecule has 2 nitrogen and oxygen atoms in total. The molecule has 1 atom stereocenters. The van der Waals surface area contributed by atoms with Gasteiger partial charge in [-0.3, -0.25) is 4.79 Å². The van der Waals surface area contributed by atoms with Crippen molar-refractivity contribution in [3.63, 3.8) is 0 Å². The van der Waals surface area contributed by atoms with Crippen molar-refractivity contribution in [1.82, 2.24) is 0 Å². The second kappa shape index (κ2) is 6.51. The summed E-state index contributed by atoms with van der Waals surface area (Å²) in [7, 11) is -1.72. The van der Waals surface area contributed by atoms with Crippen LogP contribution in [0.25, 0.3) is 0 Å². The van der Waals surface area contributed by atoms with Crippen molar-refractivity contribution in [2.24, 2.45) is 0 Å². The van der Waals surface area contributed by atoms with Gasteiger partial charge in [-0.15, -0.1) is 0 Å². The van der Waals surface area contributed by atoms with Gasteiger partial charge in [0, 0.05) is 29.6 Å². The van der Waals surface area contributed by atoms with Crippen LogP contribution in [-0.2, 0) is 11.8 Å². The van der Waals surface area contributed by atoms with E-state index in [0.717, 1.165) is 24.9 Å². The van der Waals surface area contributed by atoms with E-state index in [1.165, 1.54) is 16.8 Å². The molecule has 0 amide bonds. The van der Waals surface area contributed by atoms with Crippen molar-refractivity contribution in [2.45, 2.75) is 96.7 Å². The van der Waals surface area contributed by atoms with Gasteiger partial charge in [-0.2, -0.15) is 0 Å². The van der Waals surface area contributed by atoms with Gasteiger partial charge < -0.3 is 4.57 Å². The van der Waals surface area contributed by atoms with E-state index in [2.05, 4.69) is 72.1 Å². The highest BCUT2D eigenvalue weighted by Gasteiger charge is 2.51. The minimum Gasteiger partial charge on any atom is -0.396 e. The number of benzene rings is 1. The van der Waals surface area contributed by atoms with Crippen molar-refractivity contribution in [1.29, 1.82) is 0 Å². The Labute approximate surface area is 161 Å². The molecule has 0 saturated carbocycles. The molecule has 26 heavy (non-hydrogen) atoms. The first kappa shape index (κ1) is 19.7. The van der Waals surface area contributed by atoms with Crippen LogP contribution in [-0.4, -0.2) is 20.6 Å². The molecular formula is C23H37NOSi. The molecule has 0 N–H and O–H groups in total. The molecule has 3 rings (SSSR count). The number of rotatable bonds is 5. The highest BCUT2D eigenvalue weighted by molar-refractivity contribution is 6.86. The van der Waals surface area contributed by atoms with E-state index in [0.29, 0.717) is 28.8 Å². The van der Waals surface area contributed by atoms with Gasteiger partial charge in [-0.05, 0) is 46.7 Å². The Hall–Kier alpha value is -1.09. The minimum atomic E-state index is -1.72. The third kappa shape index (κ3) is 2.53. The molecule has 0 saturated heterocycles. The maximum Gasteiger partial charge on any atom is 0.164 e. The first-order valence-electron chi connectivity index (χ1n) is 10.6. The smallest absolute Gasteiger partial charge is 0.164 e. The van der Waals surface area contributed by atoms with Gasteiger partial charge in [0.15, 0.2) is 14.0 Å². The standard InChI is InChI=1S/C23H37NOSi/c1-9-23(8)14-22(25)19-13-21-18(12-20(19)23)10-11-24(21)26(15(2)3,16(4)5)17(6)7/h12-13,15-17H,9-11,14H2,1-8H3. The average molecular weight is 372 g/mol. The molecular weight excluding hydrogens is 334 g/mol. The van der Waals surface area contributed by atoms with E-state index in [-0.39, 0.29) is 5.41 Å². The molecule has 0 radical (unpaired) electrons. The van der Waals surface area contributed by atoms with Crippen molar-refractivity contribution in [3.8, 4) is 0 Å². The number of hydrogen-bond acceptors (Lipinski definition) is 2. The van der Waals surface area contributed by atoms with Gasteiger partial charge in [0.2, 0.25) is 0 Å². The summed E-state index contributed by atoms with van der Waals surface area (Å²) in [4.78, 5) is 12.8. The third-order valence-electron chi connectivity index (χ3n) is 7.64. The molecule has 144 valence electrons. The zero-order chi connectivity index (χ0) is 19.4. The predicted octanol–water partition coefficient (Wildman–Crippen LogP) is 6.48. The maximum atomic E-state index is 12.8. The lowest BCUT2D eigenvalue weighted by Crippen LogP contribution is -2.60. The zero-order valence-electron chi connectivity index (χ0n) is 18.1. The normalized spacial score (nSPS) is 22.7. The van der Waals surface area contributed by atoms with Crippen molar-refractivity contribution >= 4 is 19.7 Å². The van der Waals surface area contributed by atoms with E-state index in [1.54, 1.807) is 0 Å². The van der Waals surface area contributed by atoms with E-state index >= 15 is 0 Å². The predicted molar refractivity (Wildman–Crippen MR) is 115 cm³/mol.